The maximum absolute atomic E-state index is 8.67. The van der Waals surface area contributed by atoms with Crippen LogP contribution in [0.5, 0.6) is 11.5 Å². The van der Waals surface area contributed by atoms with Gasteiger partial charge in [0.25, 0.3) is 0 Å². The molecule has 0 saturated carbocycles. The third kappa shape index (κ3) is 1.71. The van der Waals surface area contributed by atoms with Crippen molar-refractivity contribution in [2.75, 3.05) is 6.61 Å². The summed E-state index contributed by atoms with van der Waals surface area (Å²) in [5.74, 6) is 1.33. The van der Waals surface area contributed by atoms with E-state index in [1.165, 1.54) is 0 Å². The molecule has 1 aliphatic rings. The van der Waals surface area contributed by atoms with Crippen LogP contribution in [0, 0.1) is 0 Å². The Bertz CT molecular complexity index is 314. The highest BCUT2D eigenvalue weighted by Gasteiger charge is 2.23. The number of benzene rings is 1. The van der Waals surface area contributed by atoms with E-state index in [4.69, 9.17) is 26.2 Å². The minimum Gasteiger partial charge on any atom is -0.451 e. The lowest BCUT2D eigenvalue weighted by Gasteiger charge is -2.06. The minimum absolute atomic E-state index is 0.0480. The maximum Gasteiger partial charge on any atom is 0.243 e. The molecule has 1 aromatic rings. The number of aliphatic hydroxyl groups excluding tert-OH is 1. The zero-order valence-corrected chi connectivity index (χ0v) is 7.62. The molecular formula is C9H9ClO3. The Morgan fingerprint density at radius 3 is 2.85 bits per heavy atom. The zero-order chi connectivity index (χ0) is 9.26. The van der Waals surface area contributed by atoms with E-state index in [-0.39, 0.29) is 12.9 Å². The van der Waals surface area contributed by atoms with Gasteiger partial charge in [-0.25, -0.2) is 0 Å². The molecule has 0 aliphatic carbocycles. The Labute approximate surface area is 80.8 Å². The van der Waals surface area contributed by atoms with Gasteiger partial charge in [-0.05, 0) is 12.1 Å². The average Bonchev–Trinajstić information content (AvgIpc) is 2.46. The van der Waals surface area contributed by atoms with Gasteiger partial charge in [-0.2, -0.15) is 0 Å². The summed E-state index contributed by atoms with van der Waals surface area (Å²) in [6.07, 6.45) is 0.0882. The minimum atomic E-state index is -0.376. The Hall–Kier alpha value is -0.930. The molecule has 1 unspecified atom stereocenters. The largest absolute Gasteiger partial charge is 0.451 e. The lowest BCUT2D eigenvalue weighted by Crippen LogP contribution is -2.19. The van der Waals surface area contributed by atoms with Crippen molar-refractivity contribution < 1.29 is 14.6 Å². The molecule has 1 atom stereocenters. The normalized spacial score (nSPS) is 19.1. The Morgan fingerprint density at radius 2 is 2.08 bits per heavy atom. The van der Waals surface area contributed by atoms with Crippen LogP contribution in [0.25, 0.3) is 0 Å². The number of aliphatic hydroxyl groups is 1. The predicted octanol–water partition coefficient (Wildman–Crippen LogP) is 1.82. The second kappa shape index (κ2) is 3.44. The molecule has 2 rings (SSSR count). The first-order valence-electron chi connectivity index (χ1n) is 4.03. The SMILES string of the molecule is OCCC1Oc2ccc(Cl)cc2O1. The van der Waals surface area contributed by atoms with E-state index in [0.717, 1.165) is 0 Å². The van der Waals surface area contributed by atoms with Crippen molar-refractivity contribution in [3.8, 4) is 11.5 Å². The van der Waals surface area contributed by atoms with Crippen LogP contribution in [0.1, 0.15) is 6.42 Å². The van der Waals surface area contributed by atoms with Gasteiger partial charge in [0.2, 0.25) is 6.29 Å². The Kier molecular flexibility index (Phi) is 2.29. The van der Waals surface area contributed by atoms with Gasteiger partial charge in [0, 0.05) is 17.5 Å². The first kappa shape index (κ1) is 8.66. The van der Waals surface area contributed by atoms with E-state index >= 15 is 0 Å². The molecule has 0 aromatic heterocycles. The van der Waals surface area contributed by atoms with Crippen LogP contribution in [0.4, 0.5) is 0 Å². The summed E-state index contributed by atoms with van der Waals surface area (Å²) in [7, 11) is 0. The van der Waals surface area contributed by atoms with Gasteiger partial charge in [0.15, 0.2) is 11.5 Å². The number of hydrogen-bond acceptors (Lipinski definition) is 3. The fourth-order valence-corrected chi connectivity index (χ4v) is 1.36. The van der Waals surface area contributed by atoms with Crippen LogP contribution in [0.15, 0.2) is 18.2 Å². The highest BCUT2D eigenvalue weighted by molar-refractivity contribution is 6.30. The van der Waals surface area contributed by atoms with Crippen LogP contribution in [-0.4, -0.2) is 18.0 Å². The summed E-state index contributed by atoms with van der Waals surface area (Å²) in [5, 5.41) is 9.29. The number of halogens is 1. The quantitative estimate of drug-likeness (QED) is 0.792. The summed E-state index contributed by atoms with van der Waals surface area (Å²) < 4.78 is 10.7. The van der Waals surface area contributed by atoms with Gasteiger partial charge >= 0.3 is 0 Å². The number of hydrogen-bond donors (Lipinski definition) is 1. The van der Waals surface area contributed by atoms with Gasteiger partial charge in [-0.15, -0.1) is 0 Å². The Balaban J connectivity index is 2.16. The van der Waals surface area contributed by atoms with Gasteiger partial charge in [0.05, 0.1) is 6.61 Å². The molecule has 0 spiro atoms. The summed E-state index contributed by atoms with van der Waals surface area (Å²) in [4.78, 5) is 0. The molecule has 4 heteroatoms. The fraction of sp³-hybridized carbons (Fsp3) is 0.333. The molecule has 13 heavy (non-hydrogen) atoms. The highest BCUT2D eigenvalue weighted by atomic mass is 35.5. The van der Waals surface area contributed by atoms with Crippen molar-refractivity contribution in [2.24, 2.45) is 0 Å². The van der Waals surface area contributed by atoms with E-state index in [1.54, 1.807) is 18.2 Å². The van der Waals surface area contributed by atoms with Gasteiger partial charge in [-0.3, -0.25) is 0 Å². The molecule has 70 valence electrons. The molecule has 3 nitrogen and oxygen atoms in total. The molecule has 1 heterocycles. The molecule has 1 N–H and O–H groups in total. The molecule has 0 amide bonds. The van der Waals surface area contributed by atoms with Gasteiger partial charge < -0.3 is 14.6 Å². The molecule has 0 saturated heterocycles. The highest BCUT2D eigenvalue weighted by Crippen LogP contribution is 2.37. The van der Waals surface area contributed by atoms with Gasteiger partial charge in [0.1, 0.15) is 0 Å². The zero-order valence-electron chi connectivity index (χ0n) is 6.87. The summed E-state index contributed by atoms with van der Waals surface area (Å²) in [5.41, 5.74) is 0. The third-order valence-corrected chi connectivity index (χ3v) is 2.02. The van der Waals surface area contributed by atoms with Crippen molar-refractivity contribution in [1.29, 1.82) is 0 Å². The Morgan fingerprint density at radius 1 is 1.31 bits per heavy atom. The van der Waals surface area contributed by atoms with E-state index in [2.05, 4.69) is 0 Å². The van der Waals surface area contributed by atoms with Crippen molar-refractivity contribution in [1.82, 2.24) is 0 Å². The first-order valence-corrected chi connectivity index (χ1v) is 4.41. The van der Waals surface area contributed by atoms with Crippen LogP contribution >= 0.6 is 11.6 Å². The first-order chi connectivity index (χ1) is 6.29. The van der Waals surface area contributed by atoms with Crippen molar-refractivity contribution in [2.45, 2.75) is 12.7 Å². The molecule has 0 fully saturated rings. The standard InChI is InChI=1S/C9H9ClO3/c10-6-1-2-7-8(5-6)13-9(12-7)3-4-11/h1-2,5,9,11H,3-4H2. The molecular weight excluding hydrogens is 192 g/mol. The van der Waals surface area contributed by atoms with Crippen molar-refractivity contribution >= 4 is 11.6 Å². The van der Waals surface area contributed by atoms with Crippen molar-refractivity contribution in [3.05, 3.63) is 23.2 Å². The second-order valence-electron chi connectivity index (χ2n) is 2.77. The van der Waals surface area contributed by atoms with Crippen molar-refractivity contribution in [3.63, 3.8) is 0 Å². The lowest BCUT2D eigenvalue weighted by atomic mass is 10.3. The van der Waals surface area contributed by atoms with E-state index in [9.17, 15) is 0 Å². The number of rotatable bonds is 2. The molecule has 0 radical (unpaired) electrons. The van der Waals surface area contributed by atoms with E-state index < -0.39 is 0 Å². The molecule has 0 bridgehead atoms. The lowest BCUT2D eigenvalue weighted by molar-refractivity contribution is 0.0271. The summed E-state index contributed by atoms with van der Waals surface area (Å²) in [6.45, 7) is 0.0480. The van der Waals surface area contributed by atoms with Gasteiger partial charge in [-0.1, -0.05) is 11.6 Å². The van der Waals surface area contributed by atoms with E-state index in [1.807, 2.05) is 0 Å². The fourth-order valence-electron chi connectivity index (χ4n) is 1.20. The smallest absolute Gasteiger partial charge is 0.243 e. The second-order valence-corrected chi connectivity index (χ2v) is 3.21. The summed E-state index contributed by atoms with van der Waals surface area (Å²) in [6, 6.07) is 5.20. The molecule has 1 aromatic carbocycles. The van der Waals surface area contributed by atoms with Crippen LogP contribution < -0.4 is 9.47 Å². The monoisotopic (exact) mass is 200 g/mol. The third-order valence-electron chi connectivity index (χ3n) is 1.79. The molecule has 1 aliphatic heterocycles. The van der Waals surface area contributed by atoms with Crippen LogP contribution in [-0.2, 0) is 0 Å². The average molecular weight is 201 g/mol. The summed E-state index contributed by atoms with van der Waals surface area (Å²) >= 11 is 5.76. The topological polar surface area (TPSA) is 38.7 Å². The predicted molar refractivity (Wildman–Crippen MR) is 48.2 cm³/mol. The maximum atomic E-state index is 8.67. The van der Waals surface area contributed by atoms with Crippen LogP contribution in [0.3, 0.4) is 0 Å². The number of fused-ring (bicyclic) bond motifs is 1. The van der Waals surface area contributed by atoms with E-state index in [0.29, 0.717) is 22.9 Å². The number of ether oxygens (including phenoxy) is 2. The van der Waals surface area contributed by atoms with Crippen LogP contribution in [0.2, 0.25) is 5.02 Å².